The standard InChI is InChI=1S/C12H20N2S/c1-10-4-6-15-12(10)8-13-7-11-3-5-14(2)9-11/h4,6,11,13H,3,5,7-9H2,1-2H3. The molecule has 0 aliphatic carbocycles. The summed E-state index contributed by atoms with van der Waals surface area (Å²) in [4.78, 5) is 3.91. The van der Waals surface area contributed by atoms with Crippen LogP contribution < -0.4 is 5.32 Å². The third kappa shape index (κ3) is 3.03. The average molecular weight is 224 g/mol. The van der Waals surface area contributed by atoms with Gasteiger partial charge in [0.15, 0.2) is 0 Å². The average Bonchev–Trinajstić information content (AvgIpc) is 2.77. The highest BCUT2D eigenvalue weighted by Gasteiger charge is 2.18. The molecule has 15 heavy (non-hydrogen) atoms. The Bertz CT molecular complexity index is 308. The van der Waals surface area contributed by atoms with Crippen molar-refractivity contribution in [1.29, 1.82) is 0 Å². The van der Waals surface area contributed by atoms with E-state index in [0.29, 0.717) is 0 Å². The van der Waals surface area contributed by atoms with E-state index in [1.807, 2.05) is 11.3 Å². The van der Waals surface area contributed by atoms with Gasteiger partial charge in [-0.1, -0.05) is 0 Å². The lowest BCUT2D eigenvalue weighted by Crippen LogP contribution is -2.24. The minimum Gasteiger partial charge on any atom is -0.312 e. The summed E-state index contributed by atoms with van der Waals surface area (Å²) in [5, 5.41) is 5.75. The van der Waals surface area contributed by atoms with Gasteiger partial charge in [-0.25, -0.2) is 0 Å². The van der Waals surface area contributed by atoms with Gasteiger partial charge in [-0.3, -0.25) is 0 Å². The topological polar surface area (TPSA) is 15.3 Å². The van der Waals surface area contributed by atoms with Crippen molar-refractivity contribution in [1.82, 2.24) is 10.2 Å². The van der Waals surface area contributed by atoms with Crippen LogP contribution in [0.3, 0.4) is 0 Å². The Morgan fingerprint density at radius 1 is 1.60 bits per heavy atom. The van der Waals surface area contributed by atoms with Crippen LogP contribution in [0, 0.1) is 12.8 Å². The predicted octanol–water partition coefficient (Wildman–Crippen LogP) is 2.10. The van der Waals surface area contributed by atoms with Crippen LogP contribution in [0.25, 0.3) is 0 Å². The van der Waals surface area contributed by atoms with Crippen molar-refractivity contribution in [3.8, 4) is 0 Å². The second-order valence-corrected chi connectivity index (χ2v) is 5.58. The Morgan fingerprint density at radius 3 is 3.07 bits per heavy atom. The molecule has 2 nitrogen and oxygen atoms in total. The van der Waals surface area contributed by atoms with E-state index in [9.17, 15) is 0 Å². The van der Waals surface area contributed by atoms with Gasteiger partial charge in [0.25, 0.3) is 0 Å². The summed E-state index contributed by atoms with van der Waals surface area (Å²) in [6.45, 7) is 6.93. The first-order chi connectivity index (χ1) is 7.25. The molecular formula is C12H20N2S. The summed E-state index contributed by atoms with van der Waals surface area (Å²) in [5.41, 5.74) is 1.43. The Kier molecular flexibility index (Phi) is 3.78. The highest BCUT2D eigenvalue weighted by molar-refractivity contribution is 7.10. The number of hydrogen-bond donors (Lipinski definition) is 1. The van der Waals surface area contributed by atoms with Crippen molar-refractivity contribution in [3.63, 3.8) is 0 Å². The summed E-state index contributed by atoms with van der Waals surface area (Å²) < 4.78 is 0. The van der Waals surface area contributed by atoms with Gasteiger partial charge in [0.2, 0.25) is 0 Å². The van der Waals surface area contributed by atoms with E-state index in [-0.39, 0.29) is 0 Å². The molecule has 1 fully saturated rings. The minimum atomic E-state index is 0.857. The van der Waals surface area contributed by atoms with Crippen LogP contribution in [0.1, 0.15) is 16.9 Å². The zero-order valence-electron chi connectivity index (χ0n) is 9.62. The van der Waals surface area contributed by atoms with Crippen LogP contribution >= 0.6 is 11.3 Å². The number of aryl methyl sites for hydroxylation is 1. The Morgan fingerprint density at radius 2 is 2.47 bits per heavy atom. The first kappa shape index (κ1) is 11.1. The molecule has 0 radical (unpaired) electrons. The first-order valence-corrected chi connectivity index (χ1v) is 6.56. The molecule has 1 aliphatic rings. The summed E-state index contributed by atoms with van der Waals surface area (Å²) in [6.07, 6.45) is 1.35. The molecule has 2 heterocycles. The Balaban J connectivity index is 1.69. The zero-order chi connectivity index (χ0) is 10.7. The number of hydrogen-bond acceptors (Lipinski definition) is 3. The largest absolute Gasteiger partial charge is 0.312 e. The number of likely N-dealkylation sites (tertiary alicyclic amines) is 1. The van der Waals surface area contributed by atoms with E-state index in [1.54, 1.807) is 0 Å². The Labute approximate surface area is 96.3 Å². The smallest absolute Gasteiger partial charge is 0.0302 e. The third-order valence-corrected chi connectivity index (χ3v) is 4.20. The molecule has 1 atom stereocenters. The highest BCUT2D eigenvalue weighted by atomic mass is 32.1. The predicted molar refractivity (Wildman–Crippen MR) is 66.4 cm³/mol. The number of nitrogens with zero attached hydrogens (tertiary/aromatic N) is 1. The van der Waals surface area contributed by atoms with E-state index in [0.717, 1.165) is 12.5 Å². The van der Waals surface area contributed by atoms with E-state index in [2.05, 4.69) is 35.6 Å². The number of thiophene rings is 1. The summed E-state index contributed by atoms with van der Waals surface area (Å²) in [7, 11) is 2.21. The molecule has 1 aliphatic heterocycles. The van der Waals surface area contributed by atoms with Gasteiger partial charge in [0.05, 0.1) is 0 Å². The lowest BCUT2D eigenvalue weighted by molar-refractivity contribution is 0.388. The van der Waals surface area contributed by atoms with Crippen LogP contribution in [-0.2, 0) is 6.54 Å². The molecule has 0 aromatic carbocycles. The molecule has 0 amide bonds. The monoisotopic (exact) mass is 224 g/mol. The van der Waals surface area contributed by atoms with Gasteiger partial charge in [0.1, 0.15) is 0 Å². The zero-order valence-corrected chi connectivity index (χ0v) is 10.4. The van der Waals surface area contributed by atoms with Gasteiger partial charge in [-0.2, -0.15) is 0 Å². The molecule has 0 bridgehead atoms. The summed E-state index contributed by atoms with van der Waals surface area (Å²) >= 11 is 1.86. The van der Waals surface area contributed by atoms with E-state index < -0.39 is 0 Å². The highest BCUT2D eigenvalue weighted by Crippen LogP contribution is 2.16. The van der Waals surface area contributed by atoms with E-state index >= 15 is 0 Å². The number of nitrogens with one attached hydrogen (secondary N) is 1. The van der Waals surface area contributed by atoms with Gasteiger partial charge in [-0.15, -0.1) is 11.3 Å². The Hall–Kier alpha value is -0.380. The second-order valence-electron chi connectivity index (χ2n) is 4.57. The van der Waals surface area contributed by atoms with Crippen molar-refractivity contribution in [2.24, 2.45) is 5.92 Å². The summed E-state index contributed by atoms with van der Waals surface area (Å²) in [5.74, 6) is 0.857. The lowest BCUT2D eigenvalue weighted by Gasteiger charge is -2.11. The molecule has 2 rings (SSSR count). The fourth-order valence-corrected chi connectivity index (χ4v) is 3.04. The molecular weight excluding hydrogens is 204 g/mol. The molecule has 0 spiro atoms. The van der Waals surface area contributed by atoms with Crippen LogP contribution in [-0.4, -0.2) is 31.6 Å². The van der Waals surface area contributed by atoms with Crippen LogP contribution in [0.2, 0.25) is 0 Å². The molecule has 1 aromatic rings. The molecule has 0 saturated carbocycles. The van der Waals surface area contributed by atoms with Gasteiger partial charge in [-0.05, 0) is 56.4 Å². The van der Waals surface area contributed by atoms with Crippen molar-refractivity contribution < 1.29 is 0 Å². The minimum absolute atomic E-state index is 0.857. The van der Waals surface area contributed by atoms with Crippen LogP contribution in [0.15, 0.2) is 11.4 Å². The van der Waals surface area contributed by atoms with E-state index in [1.165, 1.54) is 36.5 Å². The van der Waals surface area contributed by atoms with Gasteiger partial charge < -0.3 is 10.2 Å². The summed E-state index contributed by atoms with van der Waals surface area (Å²) in [6, 6.07) is 2.20. The van der Waals surface area contributed by atoms with Gasteiger partial charge in [0, 0.05) is 18.0 Å². The molecule has 1 N–H and O–H groups in total. The lowest BCUT2D eigenvalue weighted by atomic mass is 10.1. The maximum atomic E-state index is 3.57. The second kappa shape index (κ2) is 5.10. The normalized spacial score (nSPS) is 22.4. The van der Waals surface area contributed by atoms with Crippen LogP contribution in [0.5, 0.6) is 0 Å². The molecule has 1 unspecified atom stereocenters. The SMILES string of the molecule is Cc1ccsc1CNCC1CCN(C)C1. The van der Waals surface area contributed by atoms with Crippen molar-refractivity contribution in [2.75, 3.05) is 26.7 Å². The fourth-order valence-electron chi connectivity index (χ4n) is 2.17. The van der Waals surface area contributed by atoms with Crippen LogP contribution in [0.4, 0.5) is 0 Å². The maximum Gasteiger partial charge on any atom is 0.0302 e. The molecule has 84 valence electrons. The third-order valence-electron chi connectivity index (χ3n) is 3.18. The van der Waals surface area contributed by atoms with Crippen molar-refractivity contribution in [2.45, 2.75) is 19.9 Å². The van der Waals surface area contributed by atoms with Crippen molar-refractivity contribution in [3.05, 3.63) is 21.9 Å². The first-order valence-electron chi connectivity index (χ1n) is 5.68. The molecule has 1 saturated heterocycles. The maximum absolute atomic E-state index is 3.57. The van der Waals surface area contributed by atoms with Crippen molar-refractivity contribution >= 4 is 11.3 Å². The molecule has 3 heteroatoms. The number of rotatable bonds is 4. The van der Waals surface area contributed by atoms with Gasteiger partial charge >= 0.3 is 0 Å². The van der Waals surface area contributed by atoms with E-state index in [4.69, 9.17) is 0 Å². The quantitative estimate of drug-likeness (QED) is 0.842. The molecule has 1 aromatic heterocycles. The fraction of sp³-hybridized carbons (Fsp3) is 0.667.